The van der Waals surface area contributed by atoms with Crippen molar-refractivity contribution in [2.24, 2.45) is 0 Å². The smallest absolute Gasteiger partial charge is 0.145 e. The van der Waals surface area contributed by atoms with Gasteiger partial charge in [0.1, 0.15) is 5.82 Å². The molecule has 0 fully saturated rings. The number of nitrogens with zero attached hydrogens (tertiary/aromatic N) is 1. The molecule has 3 N–H and O–H groups in total. The van der Waals surface area contributed by atoms with Gasteiger partial charge in [-0.2, -0.15) is 0 Å². The molecule has 1 heterocycles. The van der Waals surface area contributed by atoms with Crippen molar-refractivity contribution in [2.45, 2.75) is 26.3 Å². The first-order valence-corrected chi connectivity index (χ1v) is 6.68. The Morgan fingerprint density at radius 1 is 1.26 bits per heavy atom. The predicted octanol–water partition coefficient (Wildman–Crippen LogP) is 4.05. The maximum atomic E-state index is 6.06. The largest absolute Gasteiger partial charge is 0.397 e. The van der Waals surface area contributed by atoms with Crippen molar-refractivity contribution in [2.75, 3.05) is 11.1 Å². The van der Waals surface area contributed by atoms with Crippen molar-refractivity contribution in [3.05, 3.63) is 52.7 Å². The molecule has 100 valence electrons. The van der Waals surface area contributed by atoms with Crippen molar-refractivity contribution >= 4 is 23.1 Å². The number of pyridine rings is 1. The van der Waals surface area contributed by atoms with Crippen molar-refractivity contribution in [1.82, 2.24) is 4.98 Å². The van der Waals surface area contributed by atoms with Gasteiger partial charge in [0.2, 0.25) is 0 Å². The monoisotopic (exact) mass is 275 g/mol. The lowest BCUT2D eigenvalue weighted by Gasteiger charge is -2.09. The minimum absolute atomic E-state index is 0.541. The van der Waals surface area contributed by atoms with Gasteiger partial charge in [0.15, 0.2) is 0 Å². The molecular formula is C15H18ClN3. The van der Waals surface area contributed by atoms with E-state index in [0.29, 0.717) is 29.0 Å². The molecule has 0 unspecified atom stereocenters. The molecule has 2 rings (SSSR count). The molecule has 1 aromatic heterocycles. The van der Waals surface area contributed by atoms with Gasteiger partial charge in [-0.3, -0.25) is 0 Å². The summed E-state index contributed by atoms with van der Waals surface area (Å²) in [6, 6.07) is 10.2. The molecule has 0 radical (unpaired) electrons. The second-order valence-electron chi connectivity index (χ2n) is 4.85. The number of nitrogens with two attached hydrogens (primary N) is 1. The van der Waals surface area contributed by atoms with Gasteiger partial charge in [0.05, 0.1) is 16.9 Å². The molecule has 0 aliphatic heterocycles. The normalized spacial score (nSPS) is 10.7. The highest BCUT2D eigenvalue weighted by atomic mass is 35.5. The Labute approximate surface area is 118 Å². The first kappa shape index (κ1) is 13.7. The zero-order valence-electron chi connectivity index (χ0n) is 11.2. The fourth-order valence-corrected chi connectivity index (χ4v) is 2.03. The SMILES string of the molecule is CC(C)c1ccc(CNc2ncc(N)cc2Cl)cc1. The van der Waals surface area contributed by atoms with E-state index in [9.17, 15) is 0 Å². The third kappa shape index (κ3) is 3.61. The summed E-state index contributed by atoms with van der Waals surface area (Å²) >= 11 is 6.06. The van der Waals surface area contributed by atoms with E-state index in [1.54, 1.807) is 12.3 Å². The number of nitrogens with one attached hydrogen (secondary N) is 1. The topological polar surface area (TPSA) is 50.9 Å². The van der Waals surface area contributed by atoms with Crippen LogP contribution in [-0.2, 0) is 6.54 Å². The van der Waals surface area contributed by atoms with Crippen LogP contribution in [0.5, 0.6) is 0 Å². The van der Waals surface area contributed by atoms with Gasteiger partial charge in [0.25, 0.3) is 0 Å². The zero-order chi connectivity index (χ0) is 13.8. The van der Waals surface area contributed by atoms with Crippen LogP contribution < -0.4 is 11.1 Å². The summed E-state index contributed by atoms with van der Waals surface area (Å²) in [5.74, 6) is 1.21. The van der Waals surface area contributed by atoms with E-state index in [-0.39, 0.29) is 0 Å². The number of halogens is 1. The van der Waals surface area contributed by atoms with E-state index >= 15 is 0 Å². The molecule has 19 heavy (non-hydrogen) atoms. The van der Waals surface area contributed by atoms with E-state index < -0.39 is 0 Å². The van der Waals surface area contributed by atoms with Crippen LogP contribution in [-0.4, -0.2) is 4.98 Å². The minimum atomic E-state index is 0.541. The molecule has 0 aliphatic carbocycles. The zero-order valence-corrected chi connectivity index (χ0v) is 11.9. The van der Waals surface area contributed by atoms with Crippen molar-refractivity contribution in [1.29, 1.82) is 0 Å². The number of nitrogen functional groups attached to an aromatic ring is 1. The second-order valence-corrected chi connectivity index (χ2v) is 5.26. The average molecular weight is 276 g/mol. The number of anilines is 2. The van der Waals surface area contributed by atoms with Gasteiger partial charge in [-0.05, 0) is 23.1 Å². The van der Waals surface area contributed by atoms with Crippen LogP contribution in [0.15, 0.2) is 36.5 Å². The molecule has 3 nitrogen and oxygen atoms in total. The van der Waals surface area contributed by atoms with E-state index in [1.807, 2.05) is 0 Å². The number of aromatic nitrogens is 1. The summed E-state index contributed by atoms with van der Waals surface area (Å²) < 4.78 is 0. The van der Waals surface area contributed by atoms with Crippen molar-refractivity contribution < 1.29 is 0 Å². The first-order chi connectivity index (χ1) is 9.06. The molecule has 0 aliphatic rings. The van der Waals surface area contributed by atoms with Gasteiger partial charge >= 0.3 is 0 Å². The Kier molecular flexibility index (Phi) is 4.27. The Balaban J connectivity index is 2.02. The molecule has 4 heteroatoms. The van der Waals surface area contributed by atoms with Gasteiger partial charge in [0, 0.05) is 6.54 Å². The second kappa shape index (κ2) is 5.93. The van der Waals surface area contributed by atoms with Crippen LogP contribution in [0.25, 0.3) is 0 Å². The van der Waals surface area contributed by atoms with E-state index in [4.69, 9.17) is 17.3 Å². The molecule has 1 aromatic carbocycles. The number of hydrogen-bond donors (Lipinski definition) is 2. The maximum absolute atomic E-state index is 6.06. The van der Waals surface area contributed by atoms with Crippen LogP contribution in [0.1, 0.15) is 30.9 Å². The van der Waals surface area contributed by atoms with Crippen LogP contribution in [0.4, 0.5) is 11.5 Å². The van der Waals surface area contributed by atoms with Crippen LogP contribution >= 0.6 is 11.6 Å². The van der Waals surface area contributed by atoms with Gasteiger partial charge in [-0.1, -0.05) is 49.7 Å². The predicted molar refractivity (Wildman–Crippen MR) is 81.5 cm³/mol. The highest BCUT2D eigenvalue weighted by Crippen LogP contribution is 2.22. The highest BCUT2D eigenvalue weighted by molar-refractivity contribution is 6.33. The summed E-state index contributed by atoms with van der Waals surface area (Å²) in [7, 11) is 0. The third-order valence-electron chi connectivity index (χ3n) is 2.97. The molecule has 0 amide bonds. The number of hydrogen-bond acceptors (Lipinski definition) is 3. The first-order valence-electron chi connectivity index (χ1n) is 6.30. The Morgan fingerprint density at radius 3 is 2.53 bits per heavy atom. The fraction of sp³-hybridized carbons (Fsp3) is 0.267. The molecular weight excluding hydrogens is 258 g/mol. The summed E-state index contributed by atoms with van der Waals surface area (Å²) in [5.41, 5.74) is 8.71. The van der Waals surface area contributed by atoms with Crippen molar-refractivity contribution in [3.8, 4) is 0 Å². The van der Waals surface area contributed by atoms with Crippen molar-refractivity contribution in [3.63, 3.8) is 0 Å². The summed E-state index contributed by atoms with van der Waals surface area (Å²) in [4.78, 5) is 4.17. The van der Waals surface area contributed by atoms with Gasteiger partial charge in [-0.15, -0.1) is 0 Å². The standard InChI is InChI=1S/C15H18ClN3/c1-10(2)12-5-3-11(4-6-12)8-18-15-14(16)7-13(17)9-19-15/h3-7,9-10H,8,17H2,1-2H3,(H,18,19). The lowest BCUT2D eigenvalue weighted by molar-refractivity contribution is 0.865. The lowest BCUT2D eigenvalue weighted by atomic mass is 10.0. The molecule has 0 saturated carbocycles. The Morgan fingerprint density at radius 2 is 1.95 bits per heavy atom. The summed E-state index contributed by atoms with van der Waals surface area (Å²) in [6.07, 6.45) is 1.59. The molecule has 2 aromatic rings. The lowest BCUT2D eigenvalue weighted by Crippen LogP contribution is -2.02. The van der Waals surface area contributed by atoms with E-state index in [2.05, 4.69) is 48.4 Å². The van der Waals surface area contributed by atoms with Crippen LogP contribution in [0.3, 0.4) is 0 Å². The molecule has 0 atom stereocenters. The maximum Gasteiger partial charge on any atom is 0.145 e. The third-order valence-corrected chi connectivity index (χ3v) is 3.26. The molecule has 0 bridgehead atoms. The van der Waals surface area contributed by atoms with Crippen LogP contribution in [0.2, 0.25) is 5.02 Å². The molecule has 0 spiro atoms. The van der Waals surface area contributed by atoms with Gasteiger partial charge in [-0.25, -0.2) is 4.98 Å². The van der Waals surface area contributed by atoms with Crippen LogP contribution in [0, 0.1) is 0 Å². The van der Waals surface area contributed by atoms with E-state index in [1.165, 1.54) is 11.1 Å². The number of rotatable bonds is 4. The Hall–Kier alpha value is -1.74. The highest BCUT2D eigenvalue weighted by Gasteiger charge is 2.03. The quantitative estimate of drug-likeness (QED) is 0.885. The van der Waals surface area contributed by atoms with Gasteiger partial charge < -0.3 is 11.1 Å². The van der Waals surface area contributed by atoms with E-state index in [0.717, 1.165) is 0 Å². The average Bonchev–Trinajstić information content (AvgIpc) is 2.38. The number of benzene rings is 1. The molecule has 0 saturated heterocycles. The minimum Gasteiger partial charge on any atom is -0.397 e. The fourth-order valence-electron chi connectivity index (χ4n) is 1.79. The summed E-state index contributed by atoms with van der Waals surface area (Å²) in [6.45, 7) is 5.06. The summed E-state index contributed by atoms with van der Waals surface area (Å²) in [5, 5.41) is 3.75. The Bertz CT molecular complexity index is 550.